The summed E-state index contributed by atoms with van der Waals surface area (Å²) in [6, 6.07) is 0. The number of carbonyl (C=O) groups excluding carboxylic acids is 2. The van der Waals surface area contributed by atoms with Gasteiger partial charge in [0.15, 0.2) is 0 Å². The summed E-state index contributed by atoms with van der Waals surface area (Å²) in [5, 5.41) is 0. The van der Waals surface area contributed by atoms with Crippen LogP contribution in [0.1, 0.15) is 55.4 Å². The van der Waals surface area contributed by atoms with Gasteiger partial charge in [0.05, 0.1) is 6.10 Å². The molecule has 0 aliphatic heterocycles. The Bertz CT molecular complexity index is 277. The highest BCUT2D eigenvalue weighted by Crippen LogP contribution is 2.44. The van der Waals surface area contributed by atoms with Crippen molar-refractivity contribution in [1.82, 2.24) is 0 Å². The van der Waals surface area contributed by atoms with E-state index in [-0.39, 0.29) is 17.9 Å². The molecule has 0 bridgehead atoms. The molecular formula is C16H32O3Si. The molecule has 0 aromatic carbocycles. The second-order valence-electron chi connectivity index (χ2n) is 6.89. The Hall–Kier alpha value is -0.483. The number of hydrogen-bond acceptors (Lipinski definition) is 3. The van der Waals surface area contributed by atoms with Crippen LogP contribution in [-0.2, 0) is 14.0 Å². The zero-order valence-corrected chi connectivity index (χ0v) is 15.3. The fourth-order valence-corrected chi connectivity index (χ4v) is 9.21. The fourth-order valence-electron chi connectivity index (χ4n) is 3.49. The molecule has 4 heteroatoms. The average Bonchev–Trinajstić information content (AvgIpc) is 2.37. The minimum atomic E-state index is -2.07. The third kappa shape index (κ3) is 4.01. The molecule has 3 nitrogen and oxygen atoms in total. The zero-order valence-electron chi connectivity index (χ0n) is 14.3. The molecule has 3 atom stereocenters. The summed E-state index contributed by atoms with van der Waals surface area (Å²) in [5.41, 5.74) is 1.34. The molecule has 1 unspecified atom stereocenters. The Morgan fingerprint density at radius 3 is 1.20 bits per heavy atom. The van der Waals surface area contributed by atoms with Crippen LogP contribution in [-0.4, -0.2) is 27.0 Å². The Labute approximate surface area is 125 Å². The van der Waals surface area contributed by atoms with Crippen molar-refractivity contribution < 1.29 is 14.0 Å². The van der Waals surface area contributed by atoms with Crippen LogP contribution in [0.4, 0.5) is 0 Å². The zero-order chi connectivity index (χ0) is 16.1. The van der Waals surface area contributed by atoms with Gasteiger partial charge in [0.1, 0.15) is 12.6 Å². The van der Waals surface area contributed by atoms with Crippen molar-refractivity contribution in [2.24, 2.45) is 11.8 Å². The highest BCUT2D eigenvalue weighted by molar-refractivity contribution is 6.77. The van der Waals surface area contributed by atoms with Crippen molar-refractivity contribution in [2.75, 3.05) is 0 Å². The summed E-state index contributed by atoms with van der Waals surface area (Å²) >= 11 is 0. The van der Waals surface area contributed by atoms with Crippen LogP contribution >= 0.6 is 0 Å². The van der Waals surface area contributed by atoms with E-state index in [4.69, 9.17) is 4.43 Å². The van der Waals surface area contributed by atoms with Gasteiger partial charge in [-0.05, 0) is 16.6 Å². The Morgan fingerprint density at radius 1 is 0.700 bits per heavy atom. The molecular weight excluding hydrogens is 268 g/mol. The van der Waals surface area contributed by atoms with Gasteiger partial charge < -0.3 is 14.0 Å². The summed E-state index contributed by atoms with van der Waals surface area (Å²) in [5.74, 6) is -0.503. The largest absolute Gasteiger partial charge is 0.412 e. The number of aldehydes is 2. The second-order valence-corrected chi connectivity index (χ2v) is 12.3. The van der Waals surface area contributed by atoms with Gasteiger partial charge in [-0.25, -0.2) is 0 Å². The molecule has 0 saturated heterocycles. The molecule has 0 aliphatic rings. The number of rotatable bonds is 9. The van der Waals surface area contributed by atoms with Crippen LogP contribution in [0.2, 0.25) is 16.6 Å². The van der Waals surface area contributed by atoms with E-state index in [1.54, 1.807) is 0 Å². The van der Waals surface area contributed by atoms with E-state index in [2.05, 4.69) is 41.5 Å². The van der Waals surface area contributed by atoms with Gasteiger partial charge in [-0.15, -0.1) is 0 Å². The predicted octanol–water partition coefficient (Wildman–Crippen LogP) is 4.22. The highest BCUT2D eigenvalue weighted by atomic mass is 28.4. The molecule has 0 fully saturated rings. The van der Waals surface area contributed by atoms with Gasteiger partial charge in [0.25, 0.3) is 0 Å². The summed E-state index contributed by atoms with van der Waals surface area (Å²) in [6.45, 7) is 16.9. The molecule has 0 saturated carbocycles. The normalized spacial score (nSPS) is 17.4. The quantitative estimate of drug-likeness (QED) is 0.473. The van der Waals surface area contributed by atoms with Gasteiger partial charge in [0.2, 0.25) is 8.32 Å². The van der Waals surface area contributed by atoms with Gasteiger partial charge in [-0.2, -0.15) is 0 Å². The molecule has 0 aromatic rings. The summed E-state index contributed by atoms with van der Waals surface area (Å²) in [4.78, 5) is 22.4. The molecule has 0 amide bonds. The number of carbonyl (C=O) groups is 2. The van der Waals surface area contributed by atoms with Crippen molar-refractivity contribution in [3.63, 3.8) is 0 Å². The standard InChI is InChI=1S/C16H32O3Si/c1-11(2)20(12(3)4,13(5)6)19-16(14(7)9-17)15(8)10-18/h9-16H,1-8H3/t14-,15+,16?. The molecule has 0 radical (unpaired) electrons. The van der Waals surface area contributed by atoms with Crippen molar-refractivity contribution in [2.45, 2.75) is 78.1 Å². The number of hydrogen-bond donors (Lipinski definition) is 0. The Morgan fingerprint density at radius 2 is 1.00 bits per heavy atom. The lowest BCUT2D eigenvalue weighted by Crippen LogP contribution is -2.52. The van der Waals surface area contributed by atoms with E-state index >= 15 is 0 Å². The van der Waals surface area contributed by atoms with Crippen molar-refractivity contribution in [1.29, 1.82) is 0 Å². The first kappa shape index (κ1) is 19.5. The maximum atomic E-state index is 11.2. The maximum absolute atomic E-state index is 11.2. The third-order valence-electron chi connectivity index (χ3n) is 4.51. The lowest BCUT2D eigenvalue weighted by molar-refractivity contribution is -0.118. The summed E-state index contributed by atoms with van der Waals surface area (Å²) in [7, 11) is -2.07. The summed E-state index contributed by atoms with van der Waals surface area (Å²) < 4.78 is 6.60. The Kier molecular flexibility index (Phi) is 7.89. The van der Waals surface area contributed by atoms with Crippen molar-refractivity contribution >= 4 is 20.9 Å². The van der Waals surface area contributed by atoms with E-state index in [0.29, 0.717) is 16.6 Å². The molecule has 0 heterocycles. The van der Waals surface area contributed by atoms with Crippen molar-refractivity contribution in [3.8, 4) is 0 Å². The minimum absolute atomic E-state index is 0.252. The lowest BCUT2D eigenvalue weighted by atomic mass is 9.96. The molecule has 0 aliphatic carbocycles. The highest BCUT2D eigenvalue weighted by Gasteiger charge is 2.48. The predicted molar refractivity (Wildman–Crippen MR) is 86.4 cm³/mol. The summed E-state index contributed by atoms with van der Waals surface area (Å²) in [6.07, 6.45) is 1.51. The first-order valence-electron chi connectivity index (χ1n) is 7.73. The van der Waals surface area contributed by atoms with E-state index in [1.807, 2.05) is 13.8 Å². The third-order valence-corrected chi connectivity index (χ3v) is 10.6. The molecule has 118 valence electrons. The fraction of sp³-hybridized carbons (Fsp3) is 0.875. The van der Waals surface area contributed by atoms with Gasteiger partial charge in [-0.3, -0.25) is 0 Å². The molecule has 20 heavy (non-hydrogen) atoms. The van der Waals surface area contributed by atoms with E-state index < -0.39 is 8.32 Å². The first-order valence-corrected chi connectivity index (χ1v) is 9.87. The molecule has 0 spiro atoms. The van der Waals surface area contributed by atoms with E-state index in [1.165, 1.54) is 0 Å². The van der Waals surface area contributed by atoms with Gasteiger partial charge in [-0.1, -0.05) is 55.4 Å². The van der Waals surface area contributed by atoms with Crippen LogP contribution < -0.4 is 0 Å². The van der Waals surface area contributed by atoms with E-state index in [0.717, 1.165) is 12.6 Å². The second kappa shape index (κ2) is 8.08. The monoisotopic (exact) mass is 300 g/mol. The first-order chi connectivity index (χ1) is 9.14. The van der Waals surface area contributed by atoms with Crippen LogP contribution in [0, 0.1) is 11.8 Å². The van der Waals surface area contributed by atoms with Crippen LogP contribution in [0.15, 0.2) is 0 Å². The van der Waals surface area contributed by atoms with Crippen LogP contribution in [0.5, 0.6) is 0 Å². The van der Waals surface area contributed by atoms with Gasteiger partial charge >= 0.3 is 0 Å². The molecule has 0 N–H and O–H groups in total. The van der Waals surface area contributed by atoms with Crippen molar-refractivity contribution in [3.05, 3.63) is 0 Å². The average molecular weight is 301 g/mol. The smallest absolute Gasteiger partial charge is 0.200 e. The van der Waals surface area contributed by atoms with Gasteiger partial charge in [0, 0.05) is 11.8 Å². The molecule has 0 aromatic heterocycles. The lowest BCUT2D eigenvalue weighted by Gasteiger charge is -2.46. The van der Waals surface area contributed by atoms with E-state index in [9.17, 15) is 9.59 Å². The molecule has 0 rings (SSSR count). The SMILES string of the molecule is CC(C)[Si](OC([C@H](C)C=O)[C@@H](C)C=O)(C(C)C)C(C)C. The topological polar surface area (TPSA) is 43.4 Å². The minimum Gasteiger partial charge on any atom is -0.412 e. The van der Waals surface area contributed by atoms with Crippen LogP contribution in [0.25, 0.3) is 0 Å². The Balaban J connectivity index is 5.59. The maximum Gasteiger partial charge on any atom is 0.200 e. The van der Waals surface area contributed by atoms with Crippen LogP contribution in [0.3, 0.4) is 0 Å².